The van der Waals surface area contributed by atoms with Crippen molar-refractivity contribution in [2.45, 2.75) is 54.5 Å². The molecule has 4 aromatic rings. The van der Waals surface area contributed by atoms with Gasteiger partial charge in [0.2, 0.25) is 0 Å². The zero-order valence-corrected chi connectivity index (χ0v) is 21.9. The molecular weight excluding hydrogens is 530 g/mol. The summed E-state index contributed by atoms with van der Waals surface area (Å²) in [6.45, 7) is 1.95. The summed E-state index contributed by atoms with van der Waals surface area (Å²) in [7, 11) is -4.52. The standard InChI is InChI=1S/C25H22FN6O4PS/c1-15-22(13-30-32(15)20-3-5-21(6-4-20)36-37(33,34)35)17-9-24(25-18(11-28)12-29-31(25)14-17)38-23-7-2-19(26)8-16(23)10-27/h2,7-9,12-14,20-21H,3-6H2,1H3,(H2,33,34,35). The maximum Gasteiger partial charge on any atom is 0.469 e. The molecule has 0 atom stereocenters. The van der Waals surface area contributed by atoms with Crippen LogP contribution in [0.3, 0.4) is 0 Å². The maximum atomic E-state index is 13.7. The van der Waals surface area contributed by atoms with Crippen molar-refractivity contribution in [2.75, 3.05) is 0 Å². The summed E-state index contributed by atoms with van der Waals surface area (Å²) in [5.74, 6) is -0.503. The second kappa shape index (κ2) is 10.3. The molecule has 0 unspecified atom stereocenters. The Hall–Kier alpha value is -3.51. The molecule has 194 valence electrons. The molecule has 1 fully saturated rings. The SMILES string of the molecule is Cc1c(-c2cc(Sc3ccc(F)cc3C#N)c3c(C#N)cnn3c2)cnn1C1CCC(OP(=O)(O)O)CC1. The van der Waals surface area contributed by atoms with E-state index in [1.54, 1.807) is 16.8 Å². The third-order valence-electron chi connectivity index (χ3n) is 6.61. The van der Waals surface area contributed by atoms with Crippen LogP contribution >= 0.6 is 19.6 Å². The van der Waals surface area contributed by atoms with Gasteiger partial charge in [-0.3, -0.25) is 9.21 Å². The first-order chi connectivity index (χ1) is 18.2. The van der Waals surface area contributed by atoms with Gasteiger partial charge in [-0.05, 0) is 56.9 Å². The summed E-state index contributed by atoms with van der Waals surface area (Å²) in [5.41, 5.74) is 3.72. The molecule has 0 bridgehead atoms. The summed E-state index contributed by atoms with van der Waals surface area (Å²) in [6, 6.07) is 10.2. The van der Waals surface area contributed by atoms with Gasteiger partial charge in [0.15, 0.2) is 0 Å². The third-order valence-corrected chi connectivity index (χ3v) is 8.29. The van der Waals surface area contributed by atoms with Gasteiger partial charge in [-0.25, -0.2) is 13.5 Å². The molecule has 10 nitrogen and oxygen atoms in total. The molecule has 1 aliphatic rings. The van der Waals surface area contributed by atoms with Gasteiger partial charge < -0.3 is 9.79 Å². The highest BCUT2D eigenvalue weighted by Crippen LogP contribution is 2.43. The summed E-state index contributed by atoms with van der Waals surface area (Å²) >= 11 is 1.26. The number of fused-ring (bicyclic) bond motifs is 1. The van der Waals surface area contributed by atoms with E-state index in [2.05, 4.69) is 16.3 Å². The second-order valence-corrected chi connectivity index (χ2v) is 11.3. The Morgan fingerprint density at radius 3 is 2.50 bits per heavy atom. The van der Waals surface area contributed by atoms with Gasteiger partial charge in [0.25, 0.3) is 0 Å². The number of pyridine rings is 1. The number of hydrogen-bond donors (Lipinski definition) is 2. The van der Waals surface area contributed by atoms with E-state index >= 15 is 0 Å². The molecule has 5 rings (SSSR count). The van der Waals surface area contributed by atoms with Crippen LogP contribution in [0.4, 0.5) is 4.39 Å². The number of nitriles is 2. The Labute approximate surface area is 221 Å². The Bertz CT molecular complexity index is 1660. The summed E-state index contributed by atoms with van der Waals surface area (Å²) in [5, 5.41) is 28.1. The van der Waals surface area contributed by atoms with Crippen LogP contribution in [-0.4, -0.2) is 35.3 Å². The first kappa shape index (κ1) is 26.1. The minimum atomic E-state index is -4.52. The van der Waals surface area contributed by atoms with Crippen molar-refractivity contribution in [3.8, 4) is 23.3 Å². The maximum absolute atomic E-state index is 13.7. The molecular formula is C25H22FN6O4PS. The minimum absolute atomic E-state index is 0.0604. The zero-order valence-electron chi connectivity index (χ0n) is 20.2. The molecule has 0 amide bonds. The Morgan fingerprint density at radius 2 is 1.82 bits per heavy atom. The first-order valence-electron chi connectivity index (χ1n) is 11.7. The molecule has 0 saturated heterocycles. The van der Waals surface area contributed by atoms with E-state index in [1.807, 2.05) is 29.9 Å². The molecule has 1 aromatic carbocycles. The predicted molar refractivity (Wildman–Crippen MR) is 136 cm³/mol. The van der Waals surface area contributed by atoms with Gasteiger partial charge in [0.1, 0.15) is 18.0 Å². The van der Waals surface area contributed by atoms with Crippen LogP contribution in [0.15, 0.2) is 52.6 Å². The van der Waals surface area contributed by atoms with Crippen molar-refractivity contribution in [3.05, 3.63) is 65.5 Å². The fourth-order valence-corrected chi connectivity index (χ4v) is 6.53. The van der Waals surface area contributed by atoms with E-state index in [4.69, 9.17) is 14.3 Å². The second-order valence-electron chi connectivity index (χ2n) is 9.03. The van der Waals surface area contributed by atoms with Crippen LogP contribution in [0.1, 0.15) is 48.5 Å². The smallest absolute Gasteiger partial charge is 0.303 e. The highest BCUT2D eigenvalue weighted by Gasteiger charge is 2.29. The predicted octanol–water partition coefficient (Wildman–Crippen LogP) is 5.13. The van der Waals surface area contributed by atoms with Crippen LogP contribution in [0.2, 0.25) is 0 Å². The normalized spacial score (nSPS) is 17.8. The van der Waals surface area contributed by atoms with Crippen molar-refractivity contribution in [3.63, 3.8) is 0 Å². The van der Waals surface area contributed by atoms with Crippen LogP contribution in [0.25, 0.3) is 16.6 Å². The van der Waals surface area contributed by atoms with Crippen LogP contribution in [0, 0.1) is 35.4 Å². The topological polar surface area (TPSA) is 149 Å². The van der Waals surface area contributed by atoms with Crippen LogP contribution in [-0.2, 0) is 9.09 Å². The van der Waals surface area contributed by atoms with Crippen molar-refractivity contribution < 1.29 is 23.3 Å². The van der Waals surface area contributed by atoms with Crippen molar-refractivity contribution in [1.82, 2.24) is 19.4 Å². The molecule has 0 aliphatic heterocycles. The molecule has 3 aromatic heterocycles. The van der Waals surface area contributed by atoms with E-state index in [9.17, 15) is 19.5 Å². The van der Waals surface area contributed by atoms with E-state index in [0.717, 1.165) is 16.8 Å². The van der Waals surface area contributed by atoms with Gasteiger partial charge in [-0.2, -0.15) is 20.7 Å². The number of nitrogens with zero attached hydrogens (tertiary/aromatic N) is 6. The lowest BCUT2D eigenvalue weighted by Gasteiger charge is -2.29. The number of phosphoric acid groups is 1. The van der Waals surface area contributed by atoms with E-state index < -0.39 is 19.7 Å². The van der Waals surface area contributed by atoms with E-state index in [-0.39, 0.29) is 11.6 Å². The zero-order chi connectivity index (χ0) is 27.0. The van der Waals surface area contributed by atoms with Gasteiger partial charge in [-0.1, -0.05) is 11.8 Å². The van der Waals surface area contributed by atoms with Gasteiger partial charge >= 0.3 is 7.82 Å². The number of hydrogen-bond acceptors (Lipinski definition) is 7. The highest BCUT2D eigenvalue weighted by molar-refractivity contribution is 7.99. The Morgan fingerprint density at radius 1 is 1.08 bits per heavy atom. The number of aromatic nitrogens is 4. The Kier molecular flexibility index (Phi) is 7.10. The minimum Gasteiger partial charge on any atom is -0.303 e. The van der Waals surface area contributed by atoms with Crippen molar-refractivity contribution in [2.24, 2.45) is 0 Å². The van der Waals surface area contributed by atoms with Crippen molar-refractivity contribution >= 4 is 25.1 Å². The molecule has 0 radical (unpaired) electrons. The van der Waals surface area contributed by atoms with Gasteiger partial charge in [0, 0.05) is 32.8 Å². The Balaban J connectivity index is 1.49. The lowest BCUT2D eigenvalue weighted by molar-refractivity contribution is 0.0889. The highest BCUT2D eigenvalue weighted by atomic mass is 32.2. The first-order valence-corrected chi connectivity index (χ1v) is 14.1. The van der Waals surface area contributed by atoms with Crippen molar-refractivity contribution in [1.29, 1.82) is 10.5 Å². The summed E-state index contributed by atoms with van der Waals surface area (Å²) in [6.07, 6.45) is 6.93. The quantitative estimate of drug-likeness (QED) is 0.310. The average Bonchev–Trinajstić information content (AvgIpc) is 3.48. The number of halogens is 1. The number of rotatable bonds is 6. The van der Waals surface area contributed by atoms with Gasteiger partial charge in [-0.15, -0.1) is 0 Å². The molecule has 0 spiro atoms. The largest absolute Gasteiger partial charge is 0.469 e. The summed E-state index contributed by atoms with van der Waals surface area (Å²) < 4.78 is 33.3. The third kappa shape index (κ3) is 5.23. The molecule has 3 heterocycles. The average molecular weight is 553 g/mol. The van der Waals surface area contributed by atoms with E-state index in [0.29, 0.717) is 46.6 Å². The molecule has 38 heavy (non-hydrogen) atoms. The molecule has 13 heteroatoms. The lowest BCUT2D eigenvalue weighted by Crippen LogP contribution is -2.24. The van der Waals surface area contributed by atoms with Crippen LogP contribution in [0.5, 0.6) is 0 Å². The molecule has 2 N–H and O–H groups in total. The number of phosphoric ester groups is 1. The van der Waals surface area contributed by atoms with Crippen LogP contribution < -0.4 is 0 Å². The molecule has 1 aliphatic carbocycles. The fourth-order valence-electron chi connectivity index (χ4n) is 4.85. The van der Waals surface area contributed by atoms with Gasteiger partial charge in [0.05, 0.1) is 41.2 Å². The monoisotopic (exact) mass is 552 g/mol. The molecule has 1 saturated carbocycles. The number of benzene rings is 1. The summed E-state index contributed by atoms with van der Waals surface area (Å²) in [4.78, 5) is 19.4. The van der Waals surface area contributed by atoms with E-state index in [1.165, 1.54) is 30.1 Å². The fraction of sp³-hybridized carbons (Fsp3) is 0.280. The lowest BCUT2D eigenvalue weighted by atomic mass is 9.93.